The lowest BCUT2D eigenvalue weighted by Gasteiger charge is -2.04. The normalized spacial score (nSPS) is 9.67. The van der Waals surface area contributed by atoms with Gasteiger partial charge in [-0.3, -0.25) is 4.98 Å². The Bertz CT molecular complexity index is 236. The minimum absolute atomic E-state index is 0. The van der Waals surface area contributed by atoms with E-state index < -0.39 is 0 Å². The molecule has 0 spiro atoms. The smallest absolute Gasteiger partial charge is 0.0542 e. The van der Waals surface area contributed by atoms with Gasteiger partial charge in [0.25, 0.3) is 0 Å². The summed E-state index contributed by atoms with van der Waals surface area (Å²) in [5, 5.41) is 0. The van der Waals surface area contributed by atoms with Gasteiger partial charge in [0.05, 0.1) is 5.69 Å². The molecule has 0 aliphatic rings. The first-order valence-corrected chi connectivity index (χ1v) is 3.90. The van der Waals surface area contributed by atoms with Crippen molar-refractivity contribution in [3.05, 3.63) is 29.6 Å². The van der Waals surface area contributed by atoms with Crippen molar-refractivity contribution >= 4 is 12.4 Å². The number of aromatic nitrogens is 1. The number of nitrogens with two attached hydrogens (primary N) is 1. The highest BCUT2D eigenvalue weighted by Gasteiger charge is 1.99. The van der Waals surface area contributed by atoms with E-state index in [0.29, 0.717) is 12.5 Å². The zero-order valence-corrected chi connectivity index (χ0v) is 8.27. The fraction of sp³-hybridized carbons (Fsp3) is 0.444. The maximum atomic E-state index is 5.46. The second-order valence-electron chi connectivity index (χ2n) is 2.91. The number of pyridine rings is 1. The fourth-order valence-electron chi connectivity index (χ4n) is 0.933. The van der Waals surface area contributed by atoms with Crippen LogP contribution in [0.25, 0.3) is 0 Å². The zero-order valence-electron chi connectivity index (χ0n) is 7.45. The summed E-state index contributed by atoms with van der Waals surface area (Å²) in [6.45, 7) is 4.78. The van der Waals surface area contributed by atoms with E-state index in [-0.39, 0.29) is 12.4 Å². The molecule has 2 N–H and O–H groups in total. The molecule has 0 aromatic carbocycles. The van der Waals surface area contributed by atoms with E-state index >= 15 is 0 Å². The molecule has 0 atom stereocenters. The predicted octanol–water partition coefficient (Wildman–Crippen LogP) is 2.09. The monoisotopic (exact) mass is 186 g/mol. The lowest BCUT2D eigenvalue weighted by molar-refractivity contribution is 0.803. The number of rotatable bonds is 2. The molecule has 1 aromatic rings. The SMILES string of the molecule is CC(C)c1cccc(CN)n1.Cl. The first-order valence-electron chi connectivity index (χ1n) is 3.90. The maximum absolute atomic E-state index is 5.46. The van der Waals surface area contributed by atoms with Gasteiger partial charge in [-0.05, 0) is 18.1 Å². The van der Waals surface area contributed by atoms with Gasteiger partial charge in [0.1, 0.15) is 0 Å². The zero-order chi connectivity index (χ0) is 8.27. The molecule has 0 radical (unpaired) electrons. The van der Waals surface area contributed by atoms with Crippen LogP contribution in [0, 0.1) is 0 Å². The molecule has 68 valence electrons. The Kier molecular flexibility index (Phi) is 4.86. The molecule has 1 rings (SSSR count). The summed E-state index contributed by atoms with van der Waals surface area (Å²) in [7, 11) is 0. The summed E-state index contributed by atoms with van der Waals surface area (Å²) in [4.78, 5) is 4.37. The highest BCUT2D eigenvalue weighted by atomic mass is 35.5. The predicted molar refractivity (Wildman–Crippen MR) is 53.5 cm³/mol. The first-order chi connectivity index (χ1) is 5.24. The molecule has 1 heterocycles. The van der Waals surface area contributed by atoms with Crippen molar-refractivity contribution in [1.29, 1.82) is 0 Å². The van der Waals surface area contributed by atoms with Crippen molar-refractivity contribution in [2.45, 2.75) is 26.3 Å². The molecule has 3 heteroatoms. The van der Waals surface area contributed by atoms with Gasteiger partial charge < -0.3 is 5.73 Å². The van der Waals surface area contributed by atoms with Gasteiger partial charge in [-0.1, -0.05) is 19.9 Å². The van der Waals surface area contributed by atoms with Crippen LogP contribution in [0.1, 0.15) is 31.2 Å². The molecule has 0 fully saturated rings. The second kappa shape index (κ2) is 5.12. The Morgan fingerprint density at radius 2 is 2.08 bits per heavy atom. The van der Waals surface area contributed by atoms with Gasteiger partial charge >= 0.3 is 0 Å². The molecule has 0 amide bonds. The largest absolute Gasteiger partial charge is 0.325 e. The minimum Gasteiger partial charge on any atom is -0.325 e. The van der Waals surface area contributed by atoms with Crippen molar-refractivity contribution in [3.63, 3.8) is 0 Å². The average molecular weight is 187 g/mol. The van der Waals surface area contributed by atoms with Crippen molar-refractivity contribution in [2.24, 2.45) is 5.73 Å². The first kappa shape index (κ1) is 11.4. The van der Waals surface area contributed by atoms with Crippen LogP contribution in [-0.4, -0.2) is 4.98 Å². The van der Waals surface area contributed by atoms with Crippen LogP contribution >= 0.6 is 12.4 Å². The van der Waals surface area contributed by atoms with Gasteiger partial charge in [-0.2, -0.15) is 0 Å². The average Bonchev–Trinajstić information content (AvgIpc) is 2.05. The molecular weight excluding hydrogens is 172 g/mol. The second-order valence-corrected chi connectivity index (χ2v) is 2.91. The lowest BCUT2D eigenvalue weighted by atomic mass is 10.1. The van der Waals surface area contributed by atoms with Crippen LogP contribution in [0.4, 0.5) is 0 Å². The molecule has 12 heavy (non-hydrogen) atoms. The van der Waals surface area contributed by atoms with E-state index in [0.717, 1.165) is 11.4 Å². The standard InChI is InChI=1S/C9H14N2.ClH/c1-7(2)9-5-3-4-8(6-10)11-9;/h3-5,7H,6,10H2,1-2H3;1H. The van der Waals surface area contributed by atoms with E-state index in [9.17, 15) is 0 Å². The van der Waals surface area contributed by atoms with Crippen LogP contribution in [0.15, 0.2) is 18.2 Å². The Labute approximate surface area is 79.6 Å². The highest BCUT2D eigenvalue weighted by Crippen LogP contribution is 2.10. The third-order valence-electron chi connectivity index (χ3n) is 1.63. The lowest BCUT2D eigenvalue weighted by Crippen LogP contribution is -2.02. The number of hydrogen-bond acceptors (Lipinski definition) is 2. The van der Waals surface area contributed by atoms with Crippen LogP contribution in [-0.2, 0) is 6.54 Å². The third kappa shape index (κ3) is 2.80. The maximum Gasteiger partial charge on any atom is 0.0542 e. The summed E-state index contributed by atoms with van der Waals surface area (Å²) < 4.78 is 0. The summed E-state index contributed by atoms with van der Waals surface area (Å²) in [5.41, 5.74) is 7.54. The number of halogens is 1. The van der Waals surface area contributed by atoms with Crippen molar-refractivity contribution in [1.82, 2.24) is 4.98 Å². The molecule has 0 saturated carbocycles. The molecule has 0 unspecified atom stereocenters. The van der Waals surface area contributed by atoms with E-state index in [1.807, 2.05) is 18.2 Å². The van der Waals surface area contributed by atoms with E-state index in [1.54, 1.807) is 0 Å². The quantitative estimate of drug-likeness (QED) is 0.768. The van der Waals surface area contributed by atoms with E-state index in [1.165, 1.54) is 0 Å². The Morgan fingerprint density at radius 1 is 1.42 bits per heavy atom. The molecule has 0 aliphatic heterocycles. The van der Waals surface area contributed by atoms with Crippen LogP contribution in [0.5, 0.6) is 0 Å². The topological polar surface area (TPSA) is 38.9 Å². The number of hydrogen-bond donors (Lipinski definition) is 1. The van der Waals surface area contributed by atoms with Gasteiger partial charge in [-0.15, -0.1) is 12.4 Å². The molecule has 1 aromatic heterocycles. The molecular formula is C9H15ClN2. The van der Waals surface area contributed by atoms with Gasteiger partial charge in [0.15, 0.2) is 0 Å². The molecule has 0 saturated heterocycles. The van der Waals surface area contributed by atoms with Gasteiger partial charge in [-0.25, -0.2) is 0 Å². The van der Waals surface area contributed by atoms with Gasteiger partial charge in [0, 0.05) is 12.2 Å². The minimum atomic E-state index is 0. The van der Waals surface area contributed by atoms with Crippen molar-refractivity contribution < 1.29 is 0 Å². The Hall–Kier alpha value is -0.600. The highest BCUT2D eigenvalue weighted by molar-refractivity contribution is 5.85. The fourth-order valence-corrected chi connectivity index (χ4v) is 0.933. The Morgan fingerprint density at radius 3 is 2.58 bits per heavy atom. The summed E-state index contributed by atoms with van der Waals surface area (Å²) >= 11 is 0. The van der Waals surface area contributed by atoms with Crippen LogP contribution < -0.4 is 5.73 Å². The molecule has 2 nitrogen and oxygen atoms in total. The Balaban J connectivity index is 0.00000121. The van der Waals surface area contributed by atoms with E-state index in [2.05, 4.69) is 18.8 Å². The summed E-state index contributed by atoms with van der Waals surface area (Å²) in [5.74, 6) is 0.487. The van der Waals surface area contributed by atoms with E-state index in [4.69, 9.17) is 5.73 Å². The van der Waals surface area contributed by atoms with Gasteiger partial charge in [0.2, 0.25) is 0 Å². The van der Waals surface area contributed by atoms with Crippen molar-refractivity contribution in [3.8, 4) is 0 Å². The number of nitrogens with zero attached hydrogens (tertiary/aromatic N) is 1. The summed E-state index contributed by atoms with van der Waals surface area (Å²) in [6.07, 6.45) is 0. The van der Waals surface area contributed by atoms with Crippen LogP contribution in [0.2, 0.25) is 0 Å². The molecule has 0 aliphatic carbocycles. The molecule has 0 bridgehead atoms. The third-order valence-corrected chi connectivity index (χ3v) is 1.63. The van der Waals surface area contributed by atoms with Crippen molar-refractivity contribution in [2.75, 3.05) is 0 Å². The van der Waals surface area contributed by atoms with Crippen LogP contribution in [0.3, 0.4) is 0 Å². The summed E-state index contributed by atoms with van der Waals surface area (Å²) in [6, 6.07) is 5.99.